The van der Waals surface area contributed by atoms with E-state index in [9.17, 15) is 14.7 Å². The van der Waals surface area contributed by atoms with Crippen molar-refractivity contribution in [2.24, 2.45) is 0 Å². The summed E-state index contributed by atoms with van der Waals surface area (Å²) in [5.74, 6) is -0.312. The van der Waals surface area contributed by atoms with E-state index in [1.54, 1.807) is 4.90 Å². The molecular weight excluding hydrogens is 246 g/mol. The first kappa shape index (κ1) is 14.3. The average molecular weight is 269 g/mol. The third kappa shape index (κ3) is 2.76. The zero-order valence-electron chi connectivity index (χ0n) is 11.7. The molecule has 19 heavy (non-hydrogen) atoms. The van der Waals surface area contributed by atoms with E-state index in [4.69, 9.17) is 4.74 Å². The zero-order valence-corrected chi connectivity index (χ0v) is 11.7. The number of carbonyl (C=O) groups excluding carboxylic acids is 2. The molecule has 0 aromatic heterocycles. The van der Waals surface area contributed by atoms with E-state index in [0.717, 1.165) is 6.42 Å². The van der Waals surface area contributed by atoms with Crippen molar-refractivity contribution in [1.29, 1.82) is 0 Å². The largest absolute Gasteiger partial charge is 0.467 e. The van der Waals surface area contributed by atoms with Gasteiger partial charge in [-0.2, -0.15) is 0 Å². The van der Waals surface area contributed by atoms with Gasteiger partial charge in [0.2, 0.25) is 5.91 Å². The number of fused-ring (bicyclic) bond motifs is 1. The molecule has 1 amide bonds. The molecule has 2 saturated heterocycles. The Balaban J connectivity index is 2.20. The molecule has 0 aliphatic carbocycles. The van der Waals surface area contributed by atoms with Crippen LogP contribution in [0.2, 0.25) is 0 Å². The number of esters is 1. The molecule has 0 aromatic rings. The summed E-state index contributed by atoms with van der Waals surface area (Å²) in [7, 11) is 1.35. The molecule has 2 fully saturated rings. The molecule has 1 N–H and O–H groups in total. The Morgan fingerprint density at radius 2 is 2.26 bits per heavy atom. The molecule has 0 spiro atoms. The quantitative estimate of drug-likeness (QED) is 0.766. The molecule has 5 nitrogen and oxygen atoms in total. The number of methoxy groups -OCH3 is 1. The normalized spacial score (nSPS) is 35.5. The van der Waals surface area contributed by atoms with Gasteiger partial charge in [-0.3, -0.25) is 4.79 Å². The summed E-state index contributed by atoms with van der Waals surface area (Å²) in [5, 5.41) is 10.5. The Morgan fingerprint density at radius 1 is 1.53 bits per heavy atom. The second kappa shape index (κ2) is 5.49. The number of ether oxygens (including phenoxy) is 1. The minimum Gasteiger partial charge on any atom is -0.467 e. The molecule has 108 valence electrons. The molecule has 2 aliphatic rings. The lowest BCUT2D eigenvalue weighted by atomic mass is 9.85. The summed E-state index contributed by atoms with van der Waals surface area (Å²) in [4.78, 5) is 25.7. The molecule has 2 heterocycles. The second-order valence-corrected chi connectivity index (χ2v) is 5.71. The van der Waals surface area contributed by atoms with Crippen LogP contribution >= 0.6 is 0 Å². The predicted octanol–water partition coefficient (Wildman–Crippen LogP) is 1.23. The Kier molecular flexibility index (Phi) is 4.13. The Morgan fingerprint density at radius 3 is 2.89 bits per heavy atom. The summed E-state index contributed by atoms with van der Waals surface area (Å²) in [6.45, 7) is 1.97. The lowest BCUT2D eigenvalue weighted by Gasteiger charge is -2.37. The van der Waals surface area contributed by atoms with Crippen LogP contribution in [0.5, 0.6) is 0 Å². The van der Waals surface area contributed by atoms with Crippen molar-refractivity contribution in [3.05, 3.63) is 0 Å². The van der Waals surface area contributed by atoms with Gasteiger partial charge in [0, 0.05) is 12.5 Å². The fourth-order valence-electron chi connectivity index (χ4n) is 3.39. The fraction of sp³-hybridized carbons (Fsp3) is 0.857. The van der Waals surface area contributed by atoms with Gasteiger partial charge in [0.1, 0.15) is 6.04 Å². The maximum Gasteiger partial charge on any atom is 0.328 e. The summed E-state index contributed by atoms with van der Waals surface area (Å²) in [5.41, 5.74) is -0.700. The van der Waals surface area contributed by atoms with E-state index < -0.39 is 11.6 Å². The van der Waals surface area contributed by atoms with Gasteiger partial charge in [-0.05, 0) is 38.5 Å². The topological polar surface area (TPSA) is 66.8 Å². The molecular formula is C14H23NO4. The highest BCUT2D eigenvalue weighted by Gasteiger charge is 2.45. The molecule has 1 unspecified atom stereocenters. The zero-order chi connectivity index (χ0) is 14.0. The number of amides is 1. The van der Waals surface area contributed by atoms with Crippen molar-refractivity contribution < 1.29 is 19.4 Å². The van der Waals surface area contributed by atoms with Gasteiger partial charge in [-0.25, -0.2) is 4.79 Å². The standard InChI is InChI=1S/C14H23NO4/c1-3-14(18)8-4-5-12(16)15-10(9-14)6-7-11(15)13(17)19-2/h10-11,18H,3-9H2,1-2H3/t10-,11+,14?/m1/s1. The third-order valence-corrected chi connectivity index (χ3v) is 4.57. The number of carbonyl (C=O) groups is 2. The minimum atomic E-state index is -0.700. The summed E-state index contributed by atoms with van der Waals surface area (Å²) >= 11 is 0. The Hall–Kier alpha value is -1.10. The molecule has 5 heteroatoms. The molecule has 0 bridgehead atoms. The maximum absolute atomic E-state index is 12.2. The van der Waals surface area contributed by atoms with Gasteiger partial charge in [-0.15, -0.1) is 0 Å². The van der Waals surface area contributed by atoms with Gasteiger partial charge in [-0.1, -0.05) is 6.92 Å². The number of hydrogen-bond donors (Lipinski definition) is 1. The molecule has 0 radical (unpaired) electrons. The first-order chi connectivity index (χ1) is 9.00. The number of aliphatic hydroxyl groups is 1. The van der Waals surface area contributed by atoms with Crippen LogP contribution in [-0.4, -0.2) is 46.7 Å². The summed E-state index contributed by atoms with van der Waals surface area (Å²) in [6, 6.07) is -0.483. The maximum atomic E-state index is 12.2. The van der Waals surface area contributed by atoms with Gasteiger partial charge in [0.25, 0.3) is 0 Å². The highest BCUT2D eigenvalue weighted by molar-refractivity contribution is 5.85. The molecule has 2 aliphatic heterocycles. The monoisotopic (exact) mass is 269 g/mol. The van der Waals surface area contributed by atoms with E-state index in [1.165, 1.54) is 7.11 Å². The third-order valence-electron chi connectivity index (χ3n) is 4.57. The van der Waals surface area contributed by atoms with E-state index in [0.29, 0.717) is 38.5 Å². The fourth-order valence-corrected chi connectivity index (χ4v) is 3.39. The van der Waals surface area contributed by atoms with Crippen LogP contribution in [-0.2, 0) is 14.3 Å². The molecule has 3 atom stereocenters. The number of hydrogen-bond acceptors (Lipinski definition) is 4. The van der Waals surface area contributed by atoms with Crippen LogP contribution in [0.15, 0.2) is 0 Å². The Bertz CT molecular complexity index is 370. The van der Waals surface area contributed by atoms with Gasteiger partial charge in [0.15, 0.2) is 0 Å². The van der Waals surface area contributed by atoms with Crippen LogP contribution in [0.25, 0.3) is 0 Å². The van der Waals surface area contributed by atoms with Gasteiger partial charge < -0.3 is 14.7 Å². The van der Waals surface area contributed by atoms with Crippen LogP contribution in [0, 0.1) is 0 Å². The van der Waals surface area contributed by atoms with Crippen LogP contribution in [0.3, 0.4) is 0 Å². The van der Waals surface area contributed by atoms with E-state index >= 15 is 0 Å². The molecule has 0 saturated carbocycles. The first-order valence-electron chi connectivity index (χ1n) is 7.12. The SMILES string of the molecule is CCC1(O)CCCC(=O)N2[C@H](CC[C@H]2C(=O)OC)C1. The number of nitrogens with zero attached hydrogens (tertiary/aromatic N) is 1. The summed E-state index contributed by atoms with van der Waals surface area (Å²) in [6.07, 6.45) is 4.43. The Labute approximate surface area is 113 Å². The van der Waals surface area contributed by atoms with Gasteiger partial charge >= 0.3 is 5.97 Å². The van der Waals surface area contributed by atoms with Gasteiger partial charge in [0.05, 0.1) is 12.7 Å². The highest BCUT2D eigenvalue weighted by Crippen LogP contribution is 2.36. The second-order valence-electron chi connectivity index (χ2n) is 5.71. The predicted molar refractivity (Wildman–Crippen MR) is 69.4 cm³/mol. The number of rotatable bonds is 2. The minimum absolute atomic E-state index is 0.0241. The van der Waals surface area contributed by atoms with Crippen molar-refractivity contribution in [2.45, 2.75) is 69.6 Å². The lowest BCUT2D eigenvalue weighted by molar-refractivity contribution is -0.154. The van der Waals surface area contributed by atoms with Crippen LogP contribution < -0.4 is 0 Å². The van der Waals surface area contributed by atoms with Crippen LogP contribution in [0.1, 0.15) is 51.9 Å². The smallest absolute Gasteiger partial charge is 0.328 e. The first-order valence-corrected chi connectivity index (χ1v) is 7.12. The molecule has 0 aromatic carbocycles. The van der Waals surface area contributed by atoms with Crippen molar-refractivity contribution >= 4 is 11.9 Å². The van der Waals surface area contributed by atoms with E-state index in [2.05, 4.69) is 0 Å². The van der Waals surface area contributed by atoms with Crippen molar-refractivity contribution in [1.82, 2.24) is 4.90 Å². The van der Waals surface area contributed by atoms with Crippen molar-refractivity contribution in [3.63, 3.8) is 0 Å². The highest BCUT2D eigenvalue weighted by atomic mass is 16.5. The molecule has 2 rings (SSSR count). The van der Waals surface area contributed by atoms with Crippen LogP contribution in [0.4, 0.5) is 0 Å². The van der Waals surface area contributed by atoms with Crippen molar-refractivity contribution in [2.75, 3.05) is 7.11 Å². The summed E-state index contributed by atoms with van der Waals surface area (Å²) < 4.78 is 4.79. The lowest BCUT2D eigenvalue weighted by Crippen LogP contribution is -2.49. The van der Waals surface area contributed by atoms with E-state index in [-0.39, 0.29) is 17.9 Å². The van der Waals surface area contributed by atoms with E-state index in [1.807, 2.05) is 6.92 Å². The van der Waals surface area contributed by atoms with Crippen molar-refractivity contribution in [3.8, 4) is 0 Å². The average Bonchev–Trinajstić information content (AvgIpc) is 2.79.